The van der Waals surface area contributed by atoms with E-state index in [1.807, 2.05) is 18.3 Å². The van der Waals surface area contributed by atoms with Gasteiger partial charge in [-0.05, 0) is 53.9 Å². The Morgan fingerprint density at radius 3 is 2.44 bits per heavy atom. The molecule has 0 saturated carbocycles. The van der Waals surface area contributed by atoms with Gasteiger partial charge in [-0.2, -0.15) is 0 Å². The lowest BCUT2D eigenvalue weighted by atomic mass is 9.98. The van der Waals surface area contributed by atoms with Crippen LogP contribution in [0.15, 0.2) is 83.8 Å². The number of halogens is 1. The molecule has 2 aromatic carbocycles. The van der Waals surface area contributed by atoms with Gasteiger partial charge in [0.15, 0.2) is 0 Å². The SMILES string of the molecule is CNC(=O)c1c(-c2ccc(F)cc2)oc2cc(N(C)S(C)(=O)=O)c(-c3cncc(-c4cc5ccncc5s4)c3)cc12. The maximum atomic E-state index is 13.7. The van der Waals surface area contributed by atoms with Gasteiger partial charge in [0.25, 0.3) is 5.91 Å². The first-order valence-corrected chi connectivity index (χ1v) is 15.1. The van der Waals surface area contributed by atoms with Gasteiger partial charge in [0.2, 0.25) is 10.0 Å². The van der Waals surface area contributed by atoms with E-state index in [0.717, 1.165) is 26.8 Å². The van der Waals surface area contributed by atoms with E-state index in [0.29, 0.717) is 33.3 Å². The average Bonchev–Trinajstić information content (AvgIpc) is 3.57. The van der Waals surface area contributed by atoms with Crippen LogP contribution in [0.4, 0.5) is 10.1 Å². The summed E-state index contributed by atoms with van der Waals surface area (Å²) in [5, 5.41) is 4.19. The van der Waals surface area contributed by atoms with Gasteiger partial charge in [-0.3, -0.25) is 19.1 Å². The van der Waals surface area contributed by atoms with E-state index in [2.05, 4.69) is 21.4 Å². The van der Waals surface area contributed by atoms with E-state index in [4.69, 9.17) is 4.42 Å². The molecule has 206 valence electrons. The van der Waals surface area contributed by atoms with Gasteiger partial charge >= 0.3 is 0 Å². The lowest BCUT2D eigenvalue weighted by Crippen LogP contribution is -2.25. The molecule has 11 heteroatoms. The summed E-state index contributed by atoms with van der Waals surface area (Å²) in [7, 11) is -0.702. The minimum atomic E-state index is -3.67. The van der Waals surface area contributed by atoms with Crippen LogP contribution in [0.2, 0.25) is 0 Å². The standard InChI is InChI=1S/C30H23FN4O4S2/c1-32-30(36)28-23-12-22(19-10-20(15-34-14-19)26-11-18-8-9-33-16-27(18)40-26)24(35(2)41(3,37)38)13-25(23)39-29(28)17-4-6-21(31)7-5-17/h4-16H,1-3H3,(H,32,36). The number of nitrogens with zero attached hydrogens (tertiary/aromatic N) is 3. The van der Waals surface area contributed by atoms with Gasteiger partial charge in [0.1, 0.15) is 17.2 Å². The van der Waals surface area contributed by atoms with Crippen LogP contribution in [-0.2, 0) is 10.0 Å². The van der Waals surface area contributed by atoms with Crippen LogP contribution < -0.4 is 9.62 Å². The molecule has 0 unspecified atom stereocenters. The molecule has 41 heavy (non-hydrogen) atoms. The summed E-state index contributed by atoms with van der Waals surface area (Å²) in [6.45, 7) is 0. The predicted molar refractivity (Wildman–Crippen MR) is 160 cm³/mol. The third-order valence-corrected chi connectivity index (χ3v) is 9.19. The second-order valence-corrected chi connectivity index (χ2v) is 12.6. The van der Waals surface area contributed by atoms with Crippen molar-refractivity contribution in [3.05, 3.63) is 90.8 Å². The molecule has 0 fully saturated rings. The van der Waals surface area contributed by atoms with Crippen molar-refractivity contribution in [1.82, 2.24) is 15.3 Å². The number of carbonyl (C=O) groups excluding carboxylic acids is 1. The van der Waals surface area contributed by atoms with E-state index >= 15 is 0 Å². The molecule has 0 radical (unpaired) electrons. The molecule has 0 aliphatic carbocycles. The lowest BCUT2D eigenvalue weighted by Gasteiger charge is -2.20. The number of hydrogen-bond acceptors (Lipinski definition) is 7. The normalized spacial score (nSPS) is 11.7. The highest BCUT2D eigenvalue weighted by Crippen LogP contribution is 2.42. The number of carbonyl (C=O) groups is 1. The number of amides is 1. The Balaban J connectivity index is 1.61. The highest BCUT2D eigenvalue weighted by Gasteiger charge is 2.26. The van der Waals surface area contributed by atoms with Crippen LogP contribution in [-0.4, -0.2) is 44.6 Å². The summed E-state index contributed by atoms with van der Waals surface area (Å²) in [4.78, 5) is 22.8. The summed E-state index contributed by atoms with van der Waals surface area (Å²) >= 11 is 1.58. The van der Waals surface area contributed by atoms with Crippen molar-refractivity contribution in [3.8, 4) is 32.9 Å². The molecule has 6 rings (SSSR count). The predicted octanol–water partition coefficient (Wildman–Crippen LogP) is 6.33. The number of nitrogens with one attached hydrogen (secondary N) is 1. The van der Waals surface area contributed by atoms with Crippen molar-refractivity contribution in [1.29, 1.82) is 0 Å². The van der Waals surface area contributed by atoms with E-state index in [-0.39, 0.29) is 11.3 Å². The van der Waals surface area contributed by atoms with Gasteiger partial charge in [-0.1, -0.05) is 0 Å². The maximum Gasteiger partial charge on any atom is 0.255 e. The molecule has 0 aliphatic heterocycles. The molecule has 0 bridgehead atoms. The number of anilines is 1. The highest BCUT2D eigenvalue weighted by molar-refractivity contribution is 7.92. The number of thiophene rings is 1. The number of benzene rings is 2. The molecule has 8 nitrogen and oxygen atoms in total. The Hall–Kier alpha value is -4.61. The summed E-state index contributed by atoms with van der Waals surface area (Å²) in [5.74, 6) is -0.577. The molecule has 0 atom stereocenters. The van der Waals surface area contributed by atoms with E-state index in [1.54, 1.807) is 42.1 Å². The summed E-state index contributed by atoms with van der Waals surface area (Å²) in [6.07, 6.45) is 8.07. The molecule has 1 amide bonds. The third kappa shape index (κ3) is 4.83. The quantitative estimate of drug-likeness (QED) is 0.244. The largest absolute Gasteiger partial charge is 0.455 e. The van der Waals surface area contributed by atoms with Crippen LogP contribution in [0, 0.1) is 5.82 Å². The minimum Gasteiger partial charge on any atom is -0.455 e. The number of sulfonamides is 1. The fourth-order valence-electron chi connectivity index (χ4n) is 4.71. The Kier molecular flexibility index (Phi) is 6.55. The maximum absolute atomic E-state index is 13.7. The van der Waals surface area contributed by atoms with Crippen molar-refractivity contribution in [2.75, 3.05) is 24.7 Å². The van der Waals surface area contributed by atoms with Crippen LogP contribution >= 0.6 is 11.3 Å². The van der Waals surface area contributed by atoms with Crippen LogP contribution in [0.3, 0.4) is 0 Å². The molecule has 6 aromatic rings. The molecular weight excluding hydrogens is 563 g/mol. The zero-order valence-corrected chi connectivity index (χ0v) is 23.8. The van der Waals surface area contributed by atoms with Gasteiger partial charge in [-0.15, -0.1) is 11.3 Å². The van der Waals surface area contributed by atoms with Crippen LogP contribution in [0.5, 0.6) is 0 Å². The second-order valence-electron chi connectivity index (χ2n) is 9.47. The fourth-order valence-corrected chi connectivity index (χ4v) is 6.23. The smallest absolute Gasteiger partial charge is 0.255 e. The Bertz CT molecular complexity index is 2040. The second kappa shape index (κ2) is 10.1. The van der Waals surface area contributed by atoms with Crippen molar-refractivity contribution in [2.45, 2.75) is 0 Å². The first-order valence-electron chi connectivity index (χ1n) is 12.5. The molecule has 4 aromatic heterocycles. The third-order valence-electron chi connectivity index (χ3n) is 6.86. The zero-order chi connectivity index (χ0) is 28.9. The zero-order valence-electron chi connectivity index (χ0n) is 22.2. The number of hydrogen-bond donors (Lipinski definition) is 1. The van der Waals surface area contributed by atoms with Crippen molar-refractivity contribution in [3.63, 3.8) is 0 Å². The van der Waals surface area contributed by atoms with E-state index in [1.165, 1.54) is 42.7 Å². The van der Waals surface area contributed by atoms with Gasteiger partial charge in [0.05, 0.1) is 22.2 Å². The number of fused-ring (bicyclic) bond motifs is 2. The number of rotatable bonds is 6. The monoisotopic (exact) mass is 586 g/mol. The number of aromatic nitrogens is 2. The Morgan fingerprint density at radius 1 is 0.976 bits per heavy atom. The van der Waals surface area contributed by atoms with E-state index in [9.17, 15) is 17.6 Å². The van der Waals surface area contributed by atoms with Crippen molar-refractivity contribution >= 4 is 54.0 Å². The molecular formula is C30H23FN4O4S2. The molecule has 0 aliphatic rings. The first kappa shape index (κ1) is 26.6. The average molecular weight is 587 g/mol. The van der Waals surface area contributed by atoms with Crippen molar-refractivity contribution < 1.29 is 22.0 Å². The molecule has 1 N–H and O–H groups in total. The number of furan rings is 1. The van der Waals surface area contributed by atoms with Gasteiger partial charge in [-0.25, -0.2) is 12.8 Å². The molecule has 0 spiro atoms. The topological polar surface area (TPSA) is 105 Å². The summed E-state index contributed by atoms with van der Waals surface area (Å²) in [6, 6.07) is 14.9. The molecule has 4 heterocycles. The highest BCUT2D eigenvalue weighted by atomic mass is 32.2. The Labute approximate surface area is 239 Å². The first-order chi connectivity index (χ1) is 19.6. The van der Waals surface area contributed by atoms with E-state index < -0.39 is 21.7 Å². The van der Waals surface area contributed by atoms with Crippen LogP contribution in [0.25, 0.3) is 53.9 Å². The lowest BCUT2D eigenvalue weighted by molar-refractivity contribution is 0.0964. The van der Waals surface area contributed by atoms with Gasteiger partial charge < -0.3 is 9.73 Å². The summed E-state index contributed by atoms with van der Waals surface area (Å²) in [5.41, 5.74) is 3.45. The molecule has 0 saturated heterocycles. The van der Waals surface area contributed by atoms with Crippen molar-refractivity contribution in [2.24, 2.45) is 0 Å². The summed E-state index contributed by atoms with van der Waals surface area (Å²) < 4.78 is 47.4. The number of pyridine rings is 2. The Morgan fingerprint density at radius 2 is 1.73 bits per heavy atom. The fraction of sp³-hybridized carbons (Fsp3) is 0.100. The van der Waals surface area contributed by atoms with Gasteiger partial charge in [0, 0.05) is 77.5 Å². The minimum absolute atomic E-state index is 0.246. The van der Waals surface area contributed by atoms with Crippen LogP contribution in [0.1, 0.15) is 10.4 Å².